The molecule has 0 aliphatic heterocycles. The van der Waals surface area contributed by atoms with Gasteiger partial charge in [-0.05, 0) is 69.7 Å². The number of aromatic nitrogens is 4. The molecular weight excluding hydrogens is 773 g/mol. The summed E-state index contributed by atoms with van der Waals surface area (Å²) >= 11 is 1.17. The molecule has 3 aromatic heterocycles. The SMILES string of the molecule is [2H]c1cc([2H])c2sc3c(-c4cccc(-c5nc(-c6ccc(-c7c([2H])c([2H])c(-c8c([2H])c([2H])c([2H])c([2H])c8[2H])c([2H])c7[2H])cc6)nc(-c6ccccc6-n6c7c([2H])cc([2H])c([2H])c7c7c([2H])c([2H])c([2H])c([2H])c76)n5)c4)cc([2H])c([2H])c3c2c1[2H]. The zero-order valence-corrected chi connectivity index (χ0v) is 32.7. The third kappa shape index (κ3) is 6.18. The molecule has 4 nitrogen and oxygen atoms in total. The predicted molar refractivity (Wildman–Crippen MR) is 260 cm³/mol. The lowest BCUT2D eigenvalue weighted by Crippen LogP contribution is -2.03. The molecule has 290 valence electrons. The Labute approximate surface area is 392 Å². The molecule has 9 aromatic carbocycles. The van der Waals surface area contributed by atoms with Gasteiger partial charge in [-0.1, -0.05) is 182 Å². The molecule has 0 amide bonds. The van der Waals surface area contributed by atoms with Crippen molar-refractivity contribution in [3.63, 3.8) is 0 Å². The van der Waals surface area contributed by atoms with Crippen LogP contribution in [0.25, 0.3) is 115 Å². The van der Waals surface area contributed by atoms with E-state index in [2.05, 4.69) is 0 Å². The summed E-state index contributed by atoms with van der Waals surface area (Å²) in [6, 6.07) is 14.1. The lowest BCUT2D eigenvalue weighted by Gasteiger charge is -2.15. The van der Waals surface area contributed by atoms with E-state index in [1.165, 1.54) is 40.2 Å². The van der Waals surface area contributed by atoms with Crippen LogP contribution in [-0.4, -0.2) is 19.5 Å². The molecule has 0 spiro atoms. The first-order chi connectivity index (χ1) is 39.4. The number of para-hydroxylation sites is 3. The number of hydrogen-bond donors (Lipinski definition) is 0. The number of rotatable bonds is 7. The summed E-state index contributed by atoms with van der Waals surface area (Å²) in [6.07, 6.45) is 0. The van der Waals surface area contributed by atoms with Crippen molar-refractivity contribution in [3.8, 4) is 73.2 Å². The van der Waals surface area contributed by atoms with Crippen molar-refractivity contribution in [2.75, 3.05) is 0 Å². The average molecular weight is 830 g/mol. The molecule has 12 rings (SSSR count). The Morgan fingerprint density at radius 2 is 0.984 bits per heavy atom. The Morgan fingerprint density at radius 1 is 0.371 bits per heavy atom. The maximum absolute atomic E-state index is 9.21. The molecule has 0 saturated heterocycles. The van der Waals surface area contributed by atoms with Crippen LogP contribution in [0.5, 0.6) is 0 Å². The Hall–Kier alpha value is -7.99. The van der Waals surface area contributed by atoms with Gasteiger partial charge in [-0.2, -0.15) is 0 Å². The van der Waals surface area contributed by atoms with E-state index >= 15 is 0 Å². The molecule has 0 bridgehead atoms. The maximum Gasteiger partial charge on any atom is 0.166 e. The van der Waals surface area contributed by atoms with Crippen molar-refractivity contribution in [1.29, 1.82) is 0 Å². The number of thiophene rings is 1. The van der Waals surface area contributed by atoms with Gasteiger partial charge in [-0.25, -0.2) is 15.0 Å². The molecule has 0 aliphatic carbocycles. The number of hydrogen-bond acceptors (Lipinski definition) is 4. The highest BCUT2D eigenvalue weighted by atomic mass is 32.1. The molecule has 0 aliphatic rings. The lowest BCUT2D eigenvalue weighted by atomic mass is 9.99. The van der Waals surface area contributed by atoms with Crippen LogP contribution in [0.3, 0.4) is 0 Å². The summed E-state index contributed by atoms with van der Waals surface area (Å²) in [5.74, 6) is 0.115. The molecule has 62 heavy (non-hydrogen) atoms. The largest absolute Gasteiger partial charge is 0.309 e. The molecule has 0 unspecified atom stereocenters. The van der Waals surface area contributed by atoms with E-state index in [0.717, 1.165) is 6.07 Å². The first kappa shape index (κ1) is 20.5. The third-order valence-corrected chi connectivity index (χ3v) is 11.5. The Balaban J connectivity index is 1.08. The summed E-state index contributed by atoms with van der Waals surface area (Å²) in [7, 11) is 0. The molecule has 0 fully saturated rings. The number of fused-ring (bicyclic) bond motifs is 6. The van der Waals surface area contributed by atoms with Gasteiger partial charge in [-0.15, -0.1) is 11.3 Å². The van der Waals surface area contributed by atoms with Crippen LogP contribution < -0.4 is 0 Å². The van der Waals surface area contributed by atoms with Gasteiger partial charge < -0.3 is 4.57 Å². The van der Waals surface area contributed by atoms with Gasteiger partial charge in [0.1, 0.15) is 0 Å². The van der Waals surface area contributed by atoms with Gasteiger partial charge in [0.15, 0.2) is 17.5 Å². The van der Waals surface area contributed by atoms with Crippen molar-refractivity contribution in [3.05, 3.63) is 218 Å². The second-order valence-corrected chi connectivity index (χ2v) is 15.0. The fraction of sp³-hybridized carbons (Fsp3) is 0. The van der Waals surface area contributed by atoms with Gasteiger partial charge >= 0.3 is 0 Å². The van der Waals surface area contributed by atoms with Crippen molar-refractivity contribution >= 4 is 53.3 Å². The van der Waals surface area contributed by atoms with Crippen molar-refractivity contribution in [2.24, 2.45) is 0 Å². The van der Waals surface area contributed by atoms with E-state index in [-0.39, 0.29) is 121 Å². The highest BCUT2D eigenvalue weighted by Crippen LogP contribution is 2.41. The smallest absolute Gasteiger partial charge is 0.166 e. The minimum Gasteiger partial charge on any atom is -0.309 e. The summed E-state index contributed by atoms with van der Waals surface area (Å²) < 4.78 is 186. The van der Waals surface area contributed by atoms with E-state index in [9.17, 15) is 2.74 Å². The average Bonchev–Trinajstić information content (AvgIpc) is 1.75. The minimum absolute atomic E-state index is 0.000419. The van der Waals surface area contributed by atoms with Crippen LogP contribution in [0.15, 0.2) is 218 Å². The van der Waals surface area contributed by atoms with E-state index in [0.29, 0.717) is 31.7 Å². The first-order valence-electron chi connectivity index (χ1n) is 29.6. The van der Waals surface area contributed by atoms with Crippen LogP contribution >= 0.6 is 11.3 Å². The molecular formula is C57H36N4S. The fourth-order valence-electron chi connectivity index (χ4n) is 7.52. The highest BCUT2D eigenvalue weighted by Gasteiger charge is 2.20. The number of benzene rings is 9. The van der Waals surface area contributed by atoms with E-state index < -0.39 is 89.7 Å². The first-order valence-corrected chi connectivity index (χ1v) is 19.9. The van der Waals surface area contributed by atoms with Crippen molar-refractivity contribution in [2.45, 2.75) is 0 Å². The van der Waals surface area contributed by atoms with Crippen molar-refractivity contribution < 1.29 is 28.8 Å². The van der Waals surface area contributed by atoms with Crippen LogP contribution in [0, 0.1) is 0 Å². The van der Waals surface area contributed by atoms with E-state index in [1.54, 1.807) is 60.7 Å². The Bertz CT molecular complexity index is 4830. The van der Waals surface area contributed by atoms with Gasteiger partial charge in [0.05, 0.1) is 45.5 Å². The Morgan fingerprint density at radius 3 is 1.82 bits per heavy atom. The molecule has 0 radical (unpaired) electrons. The van der Waals surface area contributed by atoms with E-state index in [4.69, 9.17) is 41.0 Å². The second-order valence-electron chi connectivity index (χ2n) is 14.0. The van der Waals surface area contributed by atoms with Crippen molar-refractivity contribution in [1.82, 2.24) is 19.5 Å². The molecule has 12 aromatic rings. The Kier molecular flexibility index (Phi) is 4.94. The van der Waals surface area contributed by atoms with Crippen LogP contribution in [0.1, 0.15) is 28.8 Å². The van der Waals surface area contributed by atoms with Gasteiger partial charge in [0.2, 0.25) is 0 Å². The summed E-state index contributed by atoms with van der Waals surface area (Å²) in [4.78, 5) is 15.0. The summed E-state index contributed by atoms with van der Waals surface area (Å²) in [5, 5.41) is 0.372. The molecule has 5 heteroatoms. The normalized spacial score (nSPS) is 16.3. The lowest BCUT2D eigenvalue weighted by molar-refractivity contribution is 1.06. The monoisotopic (exact) mass is 829 g/mol. The summed E-state index contributed by atoms with van der Waals surface area (Å²) in [6.45, 7) is 0. The summed E-state index contributed by atoms with van der Waals surface area (Å²) in [5.41, 5.74) is 1.26. The standard InChI is InChI=1S/C57H36N4S/c1-2-14-37(15-3-1)38-28-30-39(31-29-38)40-32-34-41(35-33-40)55-58-56(43-17-12-16-42(36-43)44-22-13-23-48-47-20-7-11-27-53(47)62-54(44)48)60-57(59-55)49-21-6-10-26-52(49)61-50-24-8-4-18-45(50)46-19-5-9-25-51(46)61/h1-36H/i1D,2D,3D,4D,5D,7D,8D,13D,14D,15D,18D,19D,20D,23D,24D,25D,27D,28D,29D,30D,31D. The quantitative estimate of drug-likeness (QED) is 0.161. The maximum atomic E-state index is 9.21. The zero-order valence-electron chi connectivity index (χ0n) is 52.9. The van der Waals surface area contributed by atoms with Gasteiger partial charge in [0.25, 0.3) is 0 Å². The predicted octanol–water partition coefficient (Wildman–Crippen LogP) is 15.3. The van der Waals surface area contributed by atoms with Gasteiger partial charge in [-0.3, -0.25) is 0 Å². The molecule has 3 heterocycles. The highest BCUT2D eigenvalue weighted by molar-refractivity contribution is 7.26. The molecule has 0 N–H and O–H groups in total. The fourth-order valence-corrected chi connectivity index (χ4v) is 8.64. The van der Waals surface area contributed by atoms with Crippen LogP contribution in [0.4, 0.5) is 0 Å². The molecule has 0 atom stereocenters. The minimum atomic E-state index is -0.706. The van der Waals surface area contributed by atoms with Gasteiger partial charge in [0, 0.05) is 47.6 Å². The third-order valence-electron chi connectivity index (χ3n) is 10.4. The molecule has 0 saturated carbocycles. The second kappa shape index (κ2) is 14.9. The van der Waals surface area contributed by atoms with Crippen LogP contribution in [0.2, 0.25) is 0 Å². The number of nitrogens with zero attached hydrogens (tertiary/aromatic N) is 4. The van der Waals surface area contributed by atoms with E-state index in [1.807, 2.05) is 0 Å². The topological polar surface area (TPSA) is 43.6 Å². The zero-order chi connectivity index (χ0) is 59.3. The van der Waals surface area contributed by atoms with Crippen LogP contribution in [-0.2, 0) is 0 Å².